The van der Waals surface area contributed by atoms with Crippen molar-refractivity contribution in [2.75, 3.05) is 20.2 Å². The van der Waals surface area contributed by atoms with E-state index in [0.29, 0.717) is 0 Å². The number of carbonyl (C=O) groups excluding carboxylic acids is 2. The number of hydrogen-bond donors (Lipinski definition) is 1. The van der Waals surface area contributed by atoms with Crippen LogP contribution in [0.4, 0.5) is 0 Å². The third-order valence-corrected chi connectivity index (χ3v) is 5.00. The first-order valence-electron chi connectivity index (χ1n) is 8.61. The summed E-state index contributed by atoms with van der Waals surface area (Å²) in [5, 5.41) is 3.11. The average Bonchev–Trinajstić information content (AvgIpc) is 2.60. The second kappa shape index (κ2) is 8.29. The highest BCUT2D eigenvalue weighted by Crippen LogP contribution is 2.21. The zero-order valence-electron chi connectivity index (χ0n) is 15.0. The fourth-order valence-corrected chi connectivity index (χ4v) is 3.34. The number of methoxy groups -OCH3 is 1. The van der Waals surface area contributed by atoms with E-state index in [4.69, 9.17) is 4.74 Å². The first kappa shape index (κ1) is 18.5. The molecule has 0 aliphatic carbocycles. The van der Waals surface area contributed by atoms with Gasteiger partial charge in [0.25, 0.3) is 0 Å². The molecule has 0 spiro atoms. The van der Waals surface area contributed by atoms with Crippen LogP contribution >= 0.6 is 0 Å². The minimum absolute atomic E-state index is 0.0197. The quantitative estimate of drug-likeness (QED) is 0.842. The molecule has 1 fully saturated rings. The van der Waals surface area contributed by atoms with E-state index in [1.54, 1.807) is 0 Å². The van der Waals surface area contributed by atoms with E-state index in [1.165, 1.54) is 12.7 Å². The Kier molecular flexibility index (Phi) is 6.37. The van der Waals surface area contributed by atoms with Gasteiger partial charge in [0.15, 0.2) is 0 Å². The largest absolute Gasteiger partial charge is 0.469 e. The number of esters is 1. The normalized spacial score (nSPS) is 18.7. The maximum absolute atomic E-state index is 12.6. The lowest BCUT2D eigenvalue weighted by atomic mass is 9.96. The predicted octanol–water partition coefficient (Wildman–Crippen LogP) is 2.45. The zero-order chi connectivity index (χ0) is 17.7. The second-order valence-electron chi connectivity index (χ2n) is 6.60. The summed E-state index contributed by atoms with van der Waals surface area (Å²) in [6, 6.07) is 7.88. The van der Waals surface area contributed by atoms with E-state index in [2.05, 4.69) is 23.2 Å². The van der Waals surface area contributed by atoms with Crippen molar-refractivity contribution >= 4 is 11.9 Å². The molecule has 132 valence electrons. The van der Waals surface area contributed by atoms with Crippen LogP contribution in [0.2, 0.25) is 0 Å². The second-order valence-corrected chi connectivity index (χ2v) is 6.60. The summed E-state index contributed by atoms with van der Waals surface area (Å²) in [5.41, 5.74) is 2.32. The van der Waals surface area contributed by atoms with Crippen molar-refractivity contribution < 1.29 is 14.3 Å². The van der Waals surface area contributed by atoms with Gasteiger partial charge in [-0.25, -0.2) is 0 Å². The molecule has 2 rings (SSSR count). The third kappa shape index (κ3) is 4.35. The van der Waals surface area contributed by atoms with Crippen LogP contribution in [-0.4, -0.2) is 43.0 Å². The molecule has 1 aliphatic rings. The highest BCUT2D eigenvalue weighted by Gasteiger charge is 2.30. The fourth-order valence-electron chi connectivity index (χ4n) is 3.34. The Morgan fingerprint density at radius 1 is 1.21 bits per heavy atom. The summed E-state index contributed by atoms with van der Waals surface area (Å²) < 4.78 is 4.81. The number of nitrogens with one attached hydrogen (secondary N) is 1. The lowest BCUT2D eigenvalue weighted by molar-refractivity contribution is -0.147. The van der Waals surface area contributed by atoms with Gasteiger partial charge in [-0.1, -0.05) is 24.3 Å². The molecular weight excluding hydrogens is 304 g/mol. The van der Waals surface area contributed by atoms with Gasteiger partial charge in [-0.05, 0) is 57.8 Å². The number of amides is 1. The number of carbonyl (C=O) groups is 2. The molecule has 0 aromatic heterocycles. The minimum atomic E-state index is -0.199. The van der Waals surface area contributed by atoms with E-state index in [0.717, 1.165) is 31.5 Å². The maximum Gasteiger partial charge on any atom is 0.308 e. The number of rotatable bonds is 5. The van der Waals surface area contributed by atoms with Crippen LogP contribution in [0.15, 0.2) is 24.3 Å². The Morgan fingerprint density at radius 2 is 1.83 bits per heavy atom. The van der Waals surface area contributed by atoms with Crippen molar-refractivity contribution in [1.82, 2.24) is 10.2 Å². The standard InChI is InChI=1S/C19H28N2O3/c1-13-7-5-6-8-17(13)14(2)20-18(22)15(3)21-11-9-16(10-12-21)19(23)24-4/h5-8,14-16H,9-12H2,1-4H3,(H,20,22). The number of likely N-dealkylation sites (tertiary alicyclic amines) is 1. The van der Waals surface area contributed by atoms with Crippen molar-refractivity contribution in [2.24, 2.45) is 5.92 Å². The molecule has 1 aliphatic heterocycles. The SMILES string of the molecule is COC(=O)C1CCN(C(C)C(=O)NC(C)c2ccccc2C)CC1. The molecule has 1 aromatic rings. The van der Waals surface area contributed by atoms with E-state index < -0.39 is 0 Å². The van der Waals surface area contributed by atoms with Gasteiger partial charge in [0.1, 0.15) is 0 Å². The number of hydrogen-bond acceptors (Lipinski definition) is 4. The van der Waals surface area contributed by atoms with E-state index >= 15 is 0 Å². The number of benzene rings is 1. The highest BCUT2D eigenvalue weighted by molar-refractivity contribution is 5.81. The topological polar surface area (TPSA) is 58.6 Å². The van der Waals surface area contributed by atoms with Crippen molar-refractivity contribution in [3.8, 4) is 0 Å². The molecule has 2 unspecified atom stereocenters. The van der Waals surface area contributed by atoms with Crippen LogP contribution in [0.5, 0.6) is 0 Å². The molecule has 24 heavy (non-hydrogen) atoms. The summed E-state index contributed by atoms with van der Waals surface area (Å²) >= 11 is 0. The fraction of sp³-hybridized carbons (Fsp3) is 0.579. The molecule has 0 bridgehead atoms. The third-order valence-electron chi connectivity index (χ3n) is 5.00. The lowest BCUT2D eigenvalue weighted by Gasteiger charge is -2.34. The van der Waals surface area contributed by atoms with Gasteiger partial charge < -0.3 is 10.1 Å². The summed E-state index contributed by atoms with van der Waals surface area (Å²) in [7, 11) is 1.43. The Morgan fingerprint density at radius 3 is 2.42 bits per heavy atom. The summed E-state index contributed by atoms with van der Waals surface area (Å²) in [4.78, 5) is 26.3. The Bertz CT molecular complexity index is 580. The smallest absolute Gasteiger partial charge is 0.308 e. The van der Waals surface area contributed by atoms with E-state index in [1.807, 2.05) is 32.0 Å². The van der Waals surface area contributed by atoms with Gasteiger partial charge in [0, 0.05) is 0 Å². The van der Waals surface area contributed by atoms with Crippen molar-refractivity contribution in [2.45, 2.75) is 45.7 Å². The van der Waals surface area contributed by atoms with Crippen LogP contribution in [0.1, 0.15) is 43.9 Å². The number of ether oxygens (including phenoxy) is 1. The molecule has 1 heterocycles. The highest BCUT2D eigenvalue weighted by atomic mass is 16.5. The number of aryl methyl sites for hydroxylation is 1. The number of piperidine rings is 1. The van der Waals surface area contributed by atoms with Crippen molar-refractivity contribution in [1.29, 1.82) is 0 Å². The van der Waals surface area contributed by atoms with Crippen LogP contribution in [0.25, 0.3) is 0 Å². The first-order chi connectivity index (χ1) is 11.4. The summed E-state index contributed by atoms with van der Waals surface area (Å²) in [6.45, 7) is 7.48. The molecule has 1 aromatic carbocycles. The maximum atomic E-state index is 12.6. The Labute approximate surface area is 144 Å². The van der Waals surface area contributed by atoms with Crippen LogP contribution < -0.4 is 5.32 Å². The number of nitrogens with zero attached hydrogens (tertiary/aromatic N) is 1. The zero-order valence-corrected chi connectivity index (χ0v) is 15.0. The Balaban J connectivity index is 1.89. The average molecular weight is 332 g/mol. The van der Waals surface area contributed by atoms with Gasteiger partial charge in [0.05, 0.1) is 25.1 Å². The van der Waals surface area contributed by atoms with E-state index in [9.17, 15) is 9.59 Å². The molecule has 1 saturated heterocycles. The van der Waals surface area contributed by atoms with Gasteiger partial charge >= 0.3 is 5.97 Å². The van der Waals surface area contributed by atoms with Gasteiger partial charge in [-0.3, -0.25) is 14.5 Å². The lowest BCUT2D eigenvalue weighted by Crippen LogP contribution is -2.49. The molecule has 1 N–H and O–H groups in total. The minimum Gasteiger partial charge on any atom is -0.469 e. The summed E-state index contributed by atoms with van der Waals surface area (Å²) in [6.07, 6.45) is 1.50. The van der Waals surface area contributed by atoms with Gasteiger partial charge in [-0.15, -0.1) is 0 Å². The molecule has 1 amide bonds. The summed E-state index contributed by atoms with van der Waals surface area (Å²) in [5.74, 6) is -0.144. The molecular formula is C19H28N2O3. The molecule has 5 nitrogen and oxygen atoms in total. The monoisotopic (exact) mass is 332 g/mol. The molecule has 5 heteroatoms. The molecule has 0 radical (unpaired) electrons. The van der Waals surface area contributed by atoms with Crippen LogP contribution in [0.3, 0.4) is 0 Å². The van der Waals surface area contributed by atoms with Gasteiger partial charge in [-0.2, -0.15) is 0 Å². The van der Waals surface area contributed by atoms with Crippen molar-refractivity contribution in [3.63, 3.8) is 0 Å². The predicted molar refractivity (Wildman–Crippen MR) is 93.5 cm³/mol. The first-order valence-corrected chi connectivity index (χ1v) is 8.61. The van der Waals surface area contributed by atoms with Crippen LogP contribution in [0, 0.1) is 12.8 Å². The molecule has 0 saturated carbocycles. The van der Waals surface area contributed by atoms with Gasteiger partial charge in [0.2, 0.25) is 5.91 Å². The molecule has 2 atom stereocenters. The van der Waals surface area contributed by atoms with E-state index in [-0.39, 0.29) is 29.9 Å². The van der Waals surface area contributed by atoms with Crippen LogP contribution in [-0.2, 0) is 14.3 Å². The van der Waals surface area contributed by atoms with Crippen molar-refractivity contribution in [3.05, 3.63) is 35.4 Å². The Hall–Kier alpha value is -1.88.